The van der Waals surface area contributed by atoms with Gasteiger partial charge in [-0.3, -0.25) is 10.1 Å². The van der Waals surface area contributed by atoms with Gasteiger partial charge in [0.05, 0.1) is 11.7 Å². The maximum Gasteiger partial charge on any atom is 0.244 e. The minimum Gasteiger partial charge on any atom is -0.323 e. The van der Waals surface area contributed by atoms with E-state index in [1.807, 2.05) is 0 Å². The Morgan fingerprint density at radius 1 is 1.50 bits per heavy atom. The second-order valence-electron chi connectivity index (χ2n) is 6.18. The summed E-state index contributed by atoms with van der Waals surface area (Å²) in [5.74, 6) is 0.354. The Morgan fingerprint density at radius 3 is 2.67 bits per heavy atom. The van der Waals surface area contributed by atoms with E-state index in [1.54, 1.807) is 0 Å². The van der Waals surface area contributed by atoms with Crippen molar-refractivity contribution < 1.29 is 4.79 Å². The second kappa shape index (κ2) is 5.17. The van der Waals surface area contributed by atoms with Crippen molar-refractivity contribution in [2.24, 2.45) is 0 Å². The number of nitrogens with one attached hydrogen (secondary N) is 1. The molecule has 4 heteroatoms. The largest absolute Gasteiger partial charge is 0.323 e. The molecule has 1 aliphatic heterocycles. The Balaban J connectivity index is 2.00. The molecule has 1 aliphatic carbocycles. The molecular formula is C14H27N3O. The predicted molar refractivity (Wildman–Crippen MR) is 73.3 cm³/mol. The standard InChI is InChI=1S/C14H27N3O/c1-5-6-12-15-14(8-9-14)13(18)17(12)11(2)7-10-16(3)4/h11-12,15H,5-10H2,1-4H3. The van der Waals surface area contributed by atoms with Gasteiger partial charge in [-0.25, -0.2) is 0 Å². The normalized spacial score (nSPS) is 27.3. The van der Waals surface area contributed by atoms with Gasteiger partial charge in [0.15, 0.2) is 0 Å². The lowest BCUT2D eigenvalue weighted by Crippen LogP contribution is -2.44. The molecule has 1 saturated carbocycles. The first kappa shape index (κ1) is 13.8. The molecular weight excluding hydrogens is 226 g/mol. The summed E-state index contributed by atoms with van der Waals surface area (Å²) in [6.45, 7) is 5.41. The van der Waals surface area contributed by atoms with Crippen LogP contribution in [0.25, 0.3) is 0 Å². The van der Waals surface area contributed by atoms with E-state index < -0.39 is 0 Å². The van der Waals surface area contributed by atoms with Crippen molar-refractivity contribution >= 4 is 5.91 Å². The van der Waals surface area contributed by atoms with E-state index in [1.165, 1.54) is 0 Å². The Bertz CT molecular complexity index is 312. The second-order valence-corrected chi connectivity index (χ2v) is 6.18. The van der Waals surface area contributed by atoms with Gasteiger partial charge in [0.1, 0.15) is 0 Å². The summed E-state index contributed by atoms with van der Waals surface area (Å²) in [5.41, 5.74) is -0.161. The number of amides is 1. The molecule has 1 amide bonds. The molecule has 0 bridgehead atoms. The predicted octanol–water partition coefficient (Wildman–Crippen LogP) is 1.42. The molecule has 1 saturated heterocycles. The van der Waals surface area contributed by atoms with Gasteiger partial charge in [-0.15, -0.1) is 0 Å². The molecule has 0 radical (unpaired) electrons. The summed E-state index contributed by atoms with van der Waals surface area (Å²) in [6.07, 6.45) is 5.57. The minimum absolute atomic E-state index is 0.161. The van der Waals surface area contributed by atoms with Crippen molar-refractivity contribution in [3.8, 4) is 0 Å². The van der Waals surface area contributed by atoms with E-state index in [-0.39, 0.29) is 11.7 Å². The zero-order chi connectivity index (χ0) is 13.3. The van der Waals surface area contributed by atoms with Crippen LogP contribution in [-0.4, -0.2) is 54.1 Å². The summed E-state index contributed by atoms with van der Waals surface area (Å²) < 4.78 is 0. The highest BCUT2D eigenvalue weighted by Crippen LogP contribution is 2.43. The average molecular weight is 253 g/mol. The van der Waals surface area contributed by atoms with Crippen LogP contribution in [0, 0.1) is 0 Å². The van der Waals surface area contributed by atoms with Crippen LogP contribution >= 0.6 is 0 Å². The fraction of sp³-hybridized carbons (Fsp3) is 0.929. The van der Waals surface area contributed by atoms with Crippen LogP contribution in [0.3, 0.4) is 0 Å². The van der Waals surface area contributed by atoms with Gasteiger partial charge in [-0.2, -0.15) is 0 Å². The number of carbonyl (C=O) groups excluding carboxylic acids is 1. The first-order valence-electron chi connectivity index (χ1n) is 7.25. The maximum absolute atomic E-state index is 12.5. The number of nitrogens with zero attached hydrogens (tertiary/aromatic N) is 2. The number of carbonyl (C=O) groups is 1. The molecule has 4 nitrogen and oxygen atoms in total. The van der Waals surface area contributed by atoms with E-state index in [0.29, 0.717) is 11.9 Å². The molecule has 18 heavy (non-hydrogen) atoms. The molecule has 2 unspecified atom stereocenters. The SMILES string of the molecule is CCCC1NC2(CC2)C(=O)N1C(C)CCN(C)C. The van der Waals surface area contributed by atoms with E-state index in [0.717, 1.165) is 38.6 Å². The molecule has 1 spiro atoms. The molecule has 1 heterocycles. The van der Waals surface area contributed by atoms with Gasteiger partial charge in [0.25, 0.3) is 0 Å². The minimum atomic E-state index is -0.161. The molecule has 1 N–H and O–H groups in total. The summed E-state index contributed by atoms with van der Waals surface area (Å²) in [5, 5.41) is 3.57. The third-order valence-electron chi connectivity index (χ3n) is 4.20. The van der Waals surface area contributed by atoms with Crippen molar-refractivity contribution in [2.75, 3.05) is 20.6 Å². The van der Waals surface area contributed by atoms with Crippen LogP contribution in [0.1, 0.15) is 46.0 Å². The van der Waals surface area contributed by atoms with Gasteiger partial charge in [0.2, 0.25) is 5.91 Å². The Morgan fingerprint density at radius 2 is 2.17 bits per heavy atom. The van der Waals surface area contributed by atoms with Crippen LogP contribution in [0.2, 0.25) is 0 Å². The number of hydrogen-bond donors (Lipinski definition) is 1. The quantitative estimate of drug-likeness (QED) is 0.777. The highest BCUT2D eigenvalue weighted by atomic mass is 16.2. The molecule has 0 aromatic rings. The van der Waals surface area contributed by atoms with Gasteiger partial charge in [0, 0.05) is 6.04 Å². The van der Waals surface area contributed by atoms with Crippen LogP contribution in [0.4, 0.5) is 0 Å². The van der Waals surface area contributed by atoms with E-state index in [2.05, 4.69) is 43.1 Å². The van der Waals surface area contributed by atoms with E-state index in [4.69, 9.17) is 0 Å². The number of hydrogen-bond acceptors (Lipinski definition) is 3. The fourth-order valence-corrected chi connectivity index (χ4v) is 2.90. The third kappa shape index (κ3) is 2.54. The van der Waals surface area contributed by atoms with E-state index in [9.17, 15) is 4.79 Å². The van der Waals surface area contributed by atoms with Crippen molar-refractivity contribution in [3.05, 3.63) is 0 Å². The average Bonchev–Trinajstić information content (AvgIpc) is 3.02. The molecule has 0 aromatic heterocycles. The van der Waals surface area contributed by atoms with Gasteiger partial charge in [-0.1, -0.05) is 13.3 Å². The van der Waals surface area contributed by atoms with Crippen molar-refractivity contribution in [1.29, 1.82) is 0 Å². The summed E-state index contributed by atoms with van der Waals surface area (Å²) in [7, 11) is 4.17. The van der Waals surface area contributed by atoms with Crippen molar-refractivity contribution in [1.82, 2.24) is 15.1 Å². The molecule has 2 rings (SSSR count). The fourth-order valence-electron chi connectivity index (χ4n) is 2.90. The molecule has 2 aliphatic rings. The summed E-state index contributed by atoms with van der Waals surface area (Å²) in [4.78, 5) is 16.8. The van der Waals surface area contributed by atoms with Crippen LogP contribution in [0.15, 0.2) is 0 Å². The number of rotatable bonds is 6. The summed E-state index contributed by atoms with van der Waals surface area (Å²) in [6, 6.07) is 0.337. The molecule has 2 atom stereocenters. The van der Waals surface area contributed by atoms with Crippen molar-refractivity contribution in [2.45, 2.75) is 63.7 Å². The van der Waals surface area contributed by atoms with Gasteiger partial charge in [-0.05, 0) is 53.2 Å². The summed E-state index contributed by atoms with van der Waals surface area (Å²) >= 11 is 0. The van der Waals surface area contributed by atoms with Gasteiger partial charge < -0.3 is 9.80 Å². The van der Waals surface area contributed by atoms with Crippen LogP contribution in [-0.2, 0) is 4.79 Å². The molecule has 104 valence electrons. The zero-order valence-electron chi connectivity index (χ0n) is 12.2. The zero-order valence-corrected chi connectivity index (χ0v) is 12.2. The van der Waals surface area contributed by atoms with Crippen LogP contribution in [0.5, 0.6) is 0 Å². The Kier molecular flexibility index (Phi) is 3.97. The van der Waals surface area contributed by atoms with Gasteiger partial charge >= 0.3 is 0 Å². The first-order valence-corrected chi connectivity index (χ1v) is 7.25. The Labute approximate surface area is 111 Å². The lowest BCUT2D eigenvalue weighted by Gasteiger charge is -2.31. The van der Waals surface area contributed by atoms with Crippen LogP contribution < -0.4 is 5.32 Å². The van der Waals surface area contributed by atoms with Crippen molar-refractivity contribution in [3.63, 3.8) is 0 Å². The lowest BCUT2D eigenvalue weighted by molar-refractivity contribution is -0.132. The monoisotopic (exact) mass is 253 g/mol. The molecule has 0 aromatic carbocycles. The third-order valence-corrected chi connectivity index (χ3v) is 4.20. The Hall–Kier alpha value is -0.610. The first-order chi connectivity index (χ1) is 8.50. The smallest absolute Gasteiger partial charge is 0.244 e. The lowest BCUT2D eigenvalue weighted by atomic mass is 10.1. The maximum atomic E-state index is 12.5. The highest BCUT2D eigenvalue weighted by molar-refractivity contribution is 5.92. The highest BCUT2D eigenvalue weighted by Gasteiger charge is 2.59. The van der Waals surface area contributed by atoms with E-state index >= 15 is 0 Å². The topological polar surface area (TPSA) is 35.6 Å². The molecule has 2 fully saturated rings.